The summed E-state index contributed by atoms with van der Waals surface area (Å²) < 4.78 is 2.30. The summed E-state index contributed by atoms with van der Waals surface area (Å²) in [5.41, 5.74) is 5.87. The Morgan fingerprint density at radius 1 is 0.676 bits per heavy atom. The predicted octanol–water partition coefficient (Wildman–Crippen LogP) is 6.06. The number of rotatable bonds is 5. The molecule has 1 fully saturated rings. The number of aromatic nitrogens is 1. The molecule has 0 radical (unpaired) electrons. The fourth-order valence-electron chi connectivity index (χ4n) is 5.02. The molecular formula is C30H39N3O. The lowest BCUT2D eigenvalue weighted by Crippen LogP contribution is -2.35. The second-order valence-electron chi connectivity index (χ2n) is 9.72. The Morgan fingerprint density at radius 2 is 1.32 bits per heavy atom. The normalized spacial score (nSPS) is 16.2. The van der Waals surface area contributed by atoms with Crippen LogP contribution in [-0.2, 0) is 13.1 Å². The van der Waals surface area contributed by atoms with Crippen molar-refractivity contribution in [3.63, 3.8) is 0 Å². The molecule has 1 saturated heterocycles. The Kier molecular flexibility index (Phi) is 8.59. The highest BCUT2D eigenvalue weighted by Crippen LogP contribution is 2.16. The number of carbonyl (C=O) groups excluding carboxylic acids is 1. The quantitative estimate of drug-likeness (QED) is 0.466. The molecule has 4 heteroatoms. The van der Waals surface area contributed by atoms with Gasteiger partial charge in [-0.05, 0) is 75.0 Å². The van der Waals surface area contributed by atoms with Gasteiger partial charge in [-0.25, -0.2) is 0 Å². The number of carbonyl (C=O) groups is 1. The zero-order valence-corrected chi connectivity index (χ0v) is 20.9. The zero-order chi connectivity index (χ0) is 23.8. The van der Waals surface area contributed by atoms with Crippen LogP contribution in [0.2, 0.25) is 0 Å². The van der Waals surface area contributed by atoms with Crippen molar-refractivity contribution in [2.75, 3.05) is 26.2 Å². The van der Waals surface area contributed by atoms with E-state index in [9.17, 15) is 4.79 Å². The van der Waals surface area contributed by atoms with Crippen LogP contribution in [0.5, 0.6) is 0 Å². The number of amides is 1. The molecule has 4 nitrogen and oxygen atoms in total. The molecule has 0 unspecified atom stereocenters. The first kappa shape index (κ1) is 24.3. The summed E-state index contributed by atoms with van der Waals surface area (Å²) in [6.45, 7) is 9.93. The van der Waals surface area contributed by atoms with Gasteiger partial charge in [-0.3, -0.25) is 9.69 Å². The standard InChI is InChI=1S/C30H39N3O/c1-25-16-17-26(2)33(25)24-28-14-10-15-29(22-28)30(34)32-20-9-4-3-8-18-31(19-11-21-32)23-27-12-6-5-7-13-27/h5-7,10,12-17,22H,3-4,8-9,11,18-21,23-24H2,1-2H3. The van der Waals surface area contributed by atoms with E-state index in [-0.39, 0.29) is 5.91 Å². The fraction of sp³-hybridized carbons (Fsp3) is 0.433. The van der Waals surface area contributed by atoms with E-state index in [0.29, 0.717) is 0 Å². The van der Waals surface area contributed by atoms with E-state index >= 15 is 0 Å². The summed E-state index contributed by atoms with van der Waals surface area (Å²) in [5.74, 6) is 0.177. The Labute approximate surface area is 205 Å². The third-order valence-corrected chi connectivity index (χ3v) is 7.02. The van der Waals surface area contributed by atoms with Gasteiger partial charge in [0, 0.05) is 49.7 Å². The molecule has 2 heterocycles. The van der Waals surface area contributed by atoms with Crippen molar-refractivity contribution < 1.29 is 4.79 Å². The first-order chi connectivity index (χ1) is 16.6. The van der Waals surface area contributed by atoms with Gasteiger partial charge in [-0.2, -0.15) is 0 Å². The summed E-state index contributed by atoms with van der Waals surface area (Å²) in [4.78, 5) is 18.2. The number of hydrogen-bond acceptors (Lipinski definition) is 2. The van der Waals surface area contributed by atoms with Gasteiger partial charge >= 0.3 is 0 Å². The van der Waals surface area contributed by atoms with E-state index in [1.54, 1.807) is 0 Å². The molecule has 0 saturated carbocycles. The van der Waals surface area contributed by atoms with Crippen molar-refractivity contribution in [3.05, 3.63) is 94.8 Å². The van der Waals surface area contributed by atoms with Crippen molar-refractivity contribution in [2.24, 2.45) is 0 Å². The van der Waals surface area contributed by atoms with E-state index in [0.717, 1.165) is 57.7 Å². The minimum Gasteiger partial charge on any atom is -0.345 e. The summed E-state index contributed by atoms with van der Waals surface area (Å²) in [6.07, 6.45) is 5.76. The highest BCUT2D eigenvalue weighted by Gasteiger charge is 2.18. The van der Waals surface area contributed by atoms with Crippen LogP contribution in [0.3, 0.4) is 0 Å². The molecule has 4 rings (SSSR count). The molecule has 1 aliphatic rings. The molecule has 0 N–H and O–H groups in total. The number of nitrogens with zero attached hydrogens (tertiary/aromatic N) is 3. The maximum Gasteiger partial charge on any atom is 0.253 e. The maximum absolute atomic E-state index is 13.5. The van der Waals surface area contributed by atoms with Crippen LogP contribution >= 0.6 is 0 Å². The Morgan fingerprint density at radius 3 is 2.09 bits per heavy atom. The zero-order valence-electron chi connectivity index (χ0n) is 20.9. The number of hydrogen-bond donors (Lipinski definition) is 0. The van der Waals surface area contributed by atoms with Crippen LogP contribution in [0.15, 0.2) is 66.7 Å². The minimum atomic E-state index is 0.177. The second-order valence-corrected chi connectivity index (χ2v) is 9.72. The smallest absolute Gasteiger partial charge is 0.253 e. The van der Waals surface area contributed by atoms with E-state index in [2.05, 4.69) is 82.8 Å². The number of benzene rings is 2. The highest BCUT2D eigenvalue weighted by molar-refractivity contribution is 5.94. The summed E-state index contributed by atoms with van der Waals surface area (Å²) in [6, 6.07) is 23.3. The van der Waals surface area contributed by atoms with Gasteiger partial charge in [0.2, 0.25) is 0 Å². The Bertz CT molecular complexity index is 1040. The lowest BCUT2D eigenvalue weighted by Gasteiger charge is -2.25. The predicted molar refractivity (Wildman–Crippen MR) is 140 cm³/mol. The topological polar surface area (TPSA) is 28.5 Å². The SMILES string of the molecule is Cc1ccc(C)n1Cc1cccc(C(=O)N2CCCCCCN(Cc3ccccc3)CCC2)c1. The summed E-state index contributed by atoms with van der Waals surface area (Å²) >= 11 is 0. The molecule has 1 amide bonds. The summed E-state index contributed by atoms with van der Waals surface area (Å²) in [7, 11) is 0. The second kappa shape index (κ2) is 12.0. The molecule has 2 aromatic carbocycles. The first-order valence-corrected chi connectivity index (χ1v) is 12.9. The van der Waals surface area contributed by atoms with Gasteiger partial charge in [0.1, 0.15) is 0 Å². The Balaban J connectivity index is 1.41. The largest absolute Gasteiger partial charge is 0.345 e. The monoisotopic (exact) mass is 457 g/mol. The molecule has 1 aromatic heterocycles. The van der Waals surface area contributed by atoms with Gasteiger partial charge in [-0.1, -0.05) is 55.3 Å². The molecule has 180 valence electrons. The molecular weight excluding hydrogens is 418 g/mol. The Hall–Kier alpha value is -2.85. The summed E-state index contributed by atoms with van der Waals surface area (Å²) in [5, 5.41) is 0. The molecule has 0 bridgehead atoms. The third kappa shape index (κ3) is 6.60. The van der Waals surface area contributed by atoms with Gasteiger partial charge in [0.15, 0.2) is 0 Å². The van der Waals surface area contributed by atoms with Crippen molar-refractivity contribution in [1.82, 2.24) is 14.4 Å². The molecule has 0 atom stereocenters. The lowest BCUT2D eigenvalue weighted by molar-refractivity contribution is 0.0746. The van der Waals surface area contributed by atoms with Crippen LogP contribution in [-0.4, -0.2) is 46.5 Å². The lowest BCUT2D eigenvalue weighted by atomic mass is 10.1. The van der Waals surface area contributed by atoms with E-state index in [1.807, 2.05) is 12.1 Å². The average Bonchev–Trinajstić information content (AvgIpc) is 3.14. The third-order valence-electron chi connectivity index (χ3n) is 7.02. The fourth-order valence-corrected chi connectivity index (χ4v) is 5.02. The van der Waals surface area contributed by atoms with Crippen LogP contribution in [0, 0.1) is 13.8 Å². The first-order valence-electron chi connectivity index (χ1n) is 12.9. The molecule has 34 heavy (non-hydrogen) atoms. The molecule has 0 aliphatic carbocycles. The van der Waals surface area contributed by atoms with E-state index < -0.39 is 0 Å². The highest BCUT2D eigenvalue weighted by atomic mass is 16.2. The van der Waals surface area contributed by atoms with Gasteiger partial charge in [0.25, 0.3) is 5.91 Å². The van der Waals surface area contributed by atoms with Gasteiger partial charge in [0.05, 0.1) is 0 Å². The van der Waals surface area contributed by atoms with E-state index in [4.69, 9.17) is 0 Å². The van der Waals surface area contributed by atoms with Crippen molar-refractivity contribution >= 4 is 5.91 Å². The van der Waals surface area contributed by atoms with Crippen molar-refractivity contribution in [3.8, 4) is 0 Å². The van der Waals surface area contributed by atoms with Crippen LogP contribution in [0.25, 0.3) is 0 Å². The van der Waals surface area contributed by atoms with Crippen LogP contribution in [0.1, 0.15) is 65.0 Å². The van der Waals surface area contributed by atoms with Gasteiger partial charge < -0.3 is 9.47 Å². The minimum absolute atomic E-state index is 0.177. The van der Waals surface area contributed by atoms with Crippen LogP contribution < -0.4 is 0 Å². The maximum atomic E-state index is 13.5. The molecule has 0 spiro atoms. The molecule has 1 aliphatic heterocycles. The van der Waals surface area contributed by atoms with Gasteiger partial charge in [-0.15, -0.1) is 0 Å². The van der Waals surface area contributed by atoms with Crippen molar-refractivity contribution in [2.45, 2.75) is 59.0 Å². The van der Waals surface area contributed by atoms with Crippen LogP contribution in [0.4, 0.5) is 0 Å². The number of aryl methyl sites for hydroxylation is 2. The average molecular weight is 458 g/mol. The van der Waals surface area contributed by atoms with E-state index in [1.165, 1.54) is 41.8 Å². The molecule has 3 aromatic rings. The van der Waals surface area contributed by atoms with Crippen molar-refractivity contribution in [1.29, 1.82) is 0 Å².